The topological polar surface area (TPSA) is 69.4 Å². The van der Waals surface area contributed by atoms with Crippen LogP contribution in [-0.2, 0) is 9.53 Å². The molecule has 0 rings (SSSR count). The van der Waals surface area contributed by atoms with E-state index >= 15 is 0 Å². The average molecular weight is 184 g/mol. The minimum atomic E-state index is -0.525. The molecular weight excluding hydrogens is 174 g/mol. The summed E-state index contributed by atoms with van der Waals surface area (Å²) in [7, 11) is 0. The van der Waals surface area contributed by atoms with Crippen molar-refractivity contribution >= 4 is 18.4 Å². The Morgan fingerprint density at radius 1 is 1.64 bits per heavy atom. The van der Waals surface area contributed by atoms with Gasteiger partial charge in [-0.2, -0.15) is 0 Å². The first-order valence-corrected chi connectivity index (χ1v) is 2.94. The molecule has 0 atom stereocenters. The highest BCUT2D eigenvalue weighted by molar-refractivity contribution is 5.85. The summed E-state index contributed by atoms with van der Waals surface area (Å²) in [5.41, 5.74) is 0. The molecule has 0 bridgehead atoms. The third-order valence-electron chi connectivity index (χ3n) is 0.826. The van der Waals surface area contributed by atoms with E-state index in [9.17, 15) is 14.9 Å². The van der Waals surface area contributed by atoms with Crippen LogP contribution in [0.5, 0.6) is 0 Å². The fourth-order valence-corrected chi connectivity index (χ4v) is 0.336. The number of nitrogens with zero attached hydrogens (tertiary/aromatic N) is 1. The Balaban J connectivity index is 0. The van der Waals surface area contributed by atoms with Crippen LogP contribution in [0.4, 0.5) is 0 Å². The normalized spacial score (nSPS) is 8.09. The Bertz CT molecular complexity index is 138. The van der Waals surface area contributed by atoms with Crippen LogP contribution in [0, 0.1) is 10.1 Å². The number of nitro groups is 1. The molecule has 0 fully saturated rings. The van der Waals surface area contributed by atoms with Crippen molar-refractivity contribution in [1.29, 1.82) is 0 Å². The maximum Gasteiger partial charge on any atom is 0.305 e. The molecule has 11 heavy (non-hydrogen) atoms. The molecule has 0 saturated heterocycles. The smallest absolute Gasteiger partial charge is 0.305 e. The van der Waals surface area contributed by atoms with Crippen LogP contribution in [0.25, 0.3) is 0 Å². The number of ether oxygens (including phenoxy) is 1. The molecule has 0 aliphatic carbocycles. The van der Waals surface area contributed by atoms with Crippen molar-refractivity contribution in [2.75, 3.05) is 13.2 Å². The summed E-state index contributed by atoms with van der Waals surface area (Å²) in [5.74, 6) is -0.401. The first kappa shape index (κ1) is 12.8. The third kappa shape index (κ3) is 9.16. The van der Waals surface area contributed by atoms with Crippen molar-refractivity contribution in [2.24, 2.45) is 0 Å². The largest absolute Gasteiger partial charge is 0.459 e. The zero-order valence-electron chi connectivity index (χ0n) is 6.11. The first-order valence-electron chi connectivity index (χ1n) is 2.94. The summed E-state index contributed by atoms with van der Waals surface area (Å²) in [6.07, 6.45) is 0.262. The lowest BCUT2D eigenvalue weighted by molar-refractivity contribution is -0.482. The van der Waals surface area contributed by atoms with Gasteiger partial charge in [0.15, 0.2) is 6.61 Å². The van der Waals surface area contributed by atoms with E-state index in [1.54, 1.807) is 6.92 Å². The highest BCUT2D eigenvalue weighted by atomic mass is 35.5. The number of rotatable bonds is 4. The molecule has 0 aromatic carbocycles. The Labute approximate surface area is 70.3 Å². The van der Waals surface area contributed by atoms with Gasteiger partial charge in [-0.15, -0.1) is 12.4 Å². The standard InChI is InChI=1S/C5H9NO4.ClH/c1-2-5(7)10-4-3-6(8)9;/h2-4H2,1H3;1H. The molecule has 0 spiro atoms. The lowest BCUT2D eigenvalue weighted by atomic mass is 10.5. The monoisotopic (exact) mass is 183 g/mol. The van der Waals surface area contributed by atoms with Crippen LogP contribution < -0.4 is 0 Å². The highest BCUT2D eigenvalue weighted by Crippen LogP contribution is 1.83. The van der Waals surface area contributed by atoms with Crippen LogP contribution in [-0.4, -0.2) is 24.0 Å². The second-order valence-electron chi connectivity index (χ2n) is 1.63. The molecule has 5 nitrogen and oxygen atoms in total. The number of hydrogen-bond donors (Lipinski definition) is 0. The molecule has 0 aliphatic heterocycles. The van der Waals surface area contributed by atoms with Gasteiger partial charge >= 0.3 is 5.97 Å². The van der Waals surface area contributed by atoms with Crippen LogP contribution in [0.3, 0.4) is 0 Å². The molecule has 0 aromatic heterocycles. The summed E-state index contributed by atoms with van der Waals surface area (Å²) in [6.45, 7) is 1.19. The number of hydrogen-bond acceptors (Lipinski definition) is 4. The summed E-state index contributed by atoms with van der Waals surface area (Å²) >= 11 is 0. The summed E-state index contributed by atoms with van der Waals surface area (Å²) in [5, 5.41) is 9.68. The predicted molar refractivity (Wildman–Crippen MR) is 40.4 cm³/mol. The van der Waals surface area contributed by atoms with E-state index in [1.807, 2.05) is 0 Å². The molecule has 6 heteroatoms. The van der Waals surface area contributed by atoms with Gasteiger partial charge in [-0.25, -0.2) is 0 Å². The molecule has 0 heterocycles. The Morgan fingerprint density at radius 3 is 2.55 bits per heavy atom. The Kier molecular flexibility index (Phi) is 8.46. The van der Waals surface area contributed by atoms with Crippen LogP contribution >= 0.6 is 12.4 Å². The Hall–Kier alpha value is -0.840. The highest BCUT2D eigenvalue weighted by Gasteiger charge is 2.00. The van der Waals surface area contributed by atoms with Gasteiger partial charge in [0.05, 0.1) is 0 Å². The van der Waals surface area contributed by atoms with Gasteiger partial charge in [-0.3, -0.25) is 14.9 Å². The summed E-state index contributed by atoms with van der Waals surface area (Å²) in [6, 6.07) is 0. The van der Waals surface area contributed by atoms with Gasteiger partial charge in [0, 0.05) is 11.3 Å². The van der Waals surface area contributed by atoms with Crippen molar-refractivity contribution in [3.8, 4) is 0 Å². The van der Waals surface area contributed by atoms with E-state index in [4.69, 9.17) is 0 Å². The maximum absolute atomic E-state index is 10.3. The van der Waals surface area contributed by atoms with E-state index in [0.29, 0.717) is 0 Å². The van der Waals surface area contributed by atoms with Gasteiger partial charge in [0.1, 0.15) is 0 Å². The first-order chi connectivity index (χ1) is 4.66. The molecule has 0 N–H and O–H groups in total. The number of halogens is 1. The molecule has 0 radical (unpaired) electrons. The van der Waals surface area contributed by atoms with Crippen molar-refractivity contribution in [3.05, 3.63) is 10.1 Å². The van der Waals surface area contributed by atoms with Gasteiger partial charge in [0.2, 0.25) is 6.54 Å². The third-order valence-corrected chi connectivity index (χ3v) is 0.826. The minimum absolute atomic E-state index is 0. The van der Waals surface area contributed by atoms with Gasteiger partial charge in [0.25, 0.3) is 0 Å². The molecule has 0 aromatic rings. The predicted octanol–water partition coefficient (Wildman–Crippen LogP) is 0.638. The summed E-state index contributed by atoms with van der Waals surface area (Å²) in [4.78, 5) is 19.5. The molecular formula is C5H10ClNO4. The van der Waals surface area contributed by atoms with Gasteiger partial charge in [-0.05, 0) is 0 Å². The minimum Gasteiger partial charge on any atom is -0.459 e. The average Bonchev–Trinajstić information content (AvgIpc) is 1.87. The lowest BCUT2D eigenvalue weighted by Crippen LogP contribution is -2.12. The second-order valence-corrected chi connectivity index (χ2v) is 1.63. The van der Waals surface area contributed by atoms with Crippen molar-refractivity contribution < 1.29 is 14.5 Å². The Morgan fingerprint density at radius 2 is 2.18 bits per heavy atom. The SMILES string of the molecule is CCC(=O)OCC[N+](=O)[O-].Cl. The van der Waals surface area contributed by atoms with Gasteiger partial charge in [-0.1, -0.05) is 6.92 Å². The maximum atomic E-state index is 10.3. The van der Waals surface area contributed by atoms with Gasteiger partial charge < -0.3 is 4.74 Å². The zero-order chi connectivity index (χ0) is 7.98. The number of carbonyl (C=O) groups excluding carboxylic acids is 1. The van der Waals surface area contributed by atoms with E-state index in [2.05, 4.69) is 4.74 Å². The van der Waals surface area contributed by atoms with Crippen LogP contribution in [0.2, 0.25) is 0 Å². The fraction of sp³-hybridized carbons (Fsp3) is 0.800. The van der Waals surface area contributed by atoms with Crippen LogP contribution in [0.1, 0.15) is 13.3 Å². The quantitative estimate of drug-likeness (QED) is 0.364. The van der Waals surface area contributed by atoms with E-state index in [0.717, 1.165) is 0 Å². The van der Waals surface area contributed by atoms with Crippen molar-refractivity contribution in [3.63, 3.8) is 0 Å². The molecule has 66 valence electrons. The molecule has 0 amide bonds. The fourth-order valence-electron chi connectivity index (χ4n) is 0.336. The molecule has 0 aliphatic rings. The molecule has 0 saturated carbocycles. The summed E-state index contributed by atoms with van der Waals surface area (Å²) < 4.78 is 4.42. The zero-order valence-corrected chi connectivity index (χ0v) is 6.93. The lowest BCUT2D eigenvalue weighted by Gasteiger charge is -1.96. The second kappa shape index (κ2) is 7.27. The van der Waals surface area contributed by atoms with Crippen LogP contribution in [0.15, 0.2) is 0 Å². The number of esters is 1. The van der Waals surface area contributed by atoms with E-state index < -0.39 is 10.9 Å². The van der Waals surface area contributed by atoms with E-state index in [1.165, 1.54) is 0 Å². The van der Waals surface area contributed by atoms with Crippen molar-refractivity contribution in [1.82, 2.24) is 0 Å². The number of carbonyl (C=O) groups is 1. The van der Waals surface area contributed by atoms with Crippen molar-refractivity contribution in [2.45, 2.75) is 13.3 Å². The molecule has 0 unspecified atom stereocenters. The van der Waals surface area contributed by atoms with E-state index in [-0.39, 0.29) is 32.0 Å².